The highest BCUT2D eigenvalue weighted by molar-refractivity contribution is 7.22. The molecule has 0 spiro atoms. The lowest BCUT2D eigenvalue weighted by atomic mass is 10.1. The molecule has 0 bridgehead atoms. The van der Waals surface area contributed by atoms with Crippen molar-refractivity contribution in [2.75, 3.05) is 4.90 Å². The first-order valence-corrected chi connectivity index (χ1v) is 10.8. The molecule has 0 aliphatic carbocycles. The number of nitro groups is 2. The molecule has 0 aliphatic rings. The van der Waals surface area contributed by atoms with Crippen LogP contribution in [-0.2, 0) is 6.54 Å². The lowest BCUT2D eigenvalue weighted by molar-refractivity contribution is -0.394. The highest BCUT2D eigenvalue weighted by Crippen LogP contribution is 2.35. The zero-order valence-corrected chi connectivity index (χ0v) is 18.7. The van der Waals surface area contributed by atoms with Crippen LogP contribution in [0.1, 0.15) is 21.5 Å². The second kappa shape index (κ2) is 8.93. The van der Waals surface area contributed by atoms with E-state index in [0.29, 0.717) is 15.7 Å². The summed E-state index contributed by atoms with van der Waals surface area (Å²) < 4.78 is 0.808. The molecule has 1 heterocycles. The van der Waals surface area contributed by atoms with Crippen molar-refractivity contribution in [2.45, 2.75) is 13.5 Å². The van der Waals surface area contributed by atoms with Gasteiger partial charge in [0.25, 0.3) is 17.3 Å². The summed E-state index contributed by atoms with van der Waals surface area (Å²) >= 11 is 7.47. The number of nitro benzene ring substituents is 2. The molecule has 9 nitrogen and oxygen atoms in total. The number of benzene rings is 3. The molecule has 1 aromatic heterocycles. The SMILES string of the molecule is Cc1c(Cl)ccc2sc(N(Cc3ccccc3)C(=O)c3cc([N+](=O)[O-])cc([N+](=O)[O-])c3)nc12. The number of hydrogen-bond donors (Lipinski definition) is 0. The number of rotatable bonds is 6. The number of halogens is 1. The first kappa shape index (κ1) is 22.3. The molecular formula is C22H15ClN4O5S. The molecule has 1 amide bonds. The molecule has 11 heteroatoms. The molecular weight excluding hydrogens is 468 g/mol. The second-order valence-corrected chi connectivity index (χ2v) is 8.56. The summed E-state index contributed by atoms with van der Waals surface area (Å²) in [5, 5.41) is 23.5. The summed E-state index contributed by atoms with van der Waals surface area (Å²) in [6.07, 6.45) is 0. The first-order valence-electron chi connectivity index (χ1n) is 9.60. The van der Waals surface area contributed by atoms with E-state index < -0.39 is 27.1 Å². The average molecular weight is 483 g/mol. The summed E-state index contributed by atoms with van der Waals surface area (Å²) in [5.74, 6) is -0.645. The largest absolute Gasteiger partial charge is 0.279 e. The summed E-state index contributed by atoms with van der Waals surface area (Å²) in [5.41, 5.74) is 0.923. The van der Waals surface area contributed by atoms with Gasteiger partial charge in [0.2, 0.25) is 0 Å². The second-order valence-electron chi connectivity index (χ2n) is 7.14. The lowest BCUT2D eigenvalue weighted by Crippen LogP contribution is -2.30. The minimum Gasteiger partial charge on any atom is -0.279 e. The minimum atomic E-state index is -0.769. The molecule has 0 atom stereocenters. The third-order valence-electron chi connectivity index (χ3n) is 4.97. The Balaban J connectivity index is 1.85. The van der Waals surface area contributed by atoms with E-state index in [1.165, 1.54) is 16.2 Å². The smallest absolute Gasteiger partial charge is 0.277 e. The number of nitrogens with zero attached hydrogens (tertiary/aromatic N) is 4. The highest BCUT2D eigenvalue weighted by Gasteiger charge is 2.26. The van der Waals surface area contributed by atoms with E-state index in [1.54, 1.807) is 12.1 Å². The molecule has 0 radical (unpaired) electrons. The van der Waals surface area contributed by atoms with Crippen molar-refractivity contribution >= 4 is 55.6 Å². The van der Waals surface area contributed by atoms with Gasteiger partial charge < -0.3 is 0 Å². The zero-order chi connectivity index (χ0) is 23.7. The normalized spacial score (nSPS) is 10.8. The Bertz CT molecular complexity index is 1370. The van der Waals surface area contributed by atoms with Crippen molar-refractivity contribution in [3.8, 4) is 0 Å². The van der Waals surface area contributed by atoms with E-state index in [4.69, 9.17) is 11.6 Å². The van der Waals surface area contributed by atoms with Gasteiger partial charge in [0.1, 0.15) is 0 Å². The number of thiazole rings is 1. The van der Waals surface area contributed by atoms with E-state index >= 15 is 0 Å². The third kappa shape index (κ3) is 4.52. The molecule has 0 fully saturated rings. The summed E-state index contributed by atoms with van der Waals surface area (Å²) in [4.78, 5) is 40.6. The zero-order valence-electron chi connectivity index (χ0n) is 17.1. The fourth-order valence-corrected chi connectivity index (χ4v) is 4.46. The van der Waals surface area contributed by atoms with Gasteiger partial charge in [0.15, 0.2) is 5.13 Å². The Kier molecular flexibility index (Phi) is 6.03. The number of anilines is 1. The number of carbonyl (C=O) groups excluding carboxylic acids is 1. The van der Waals surface area contributed by atoms with Crippen molar-refractivity contribution in [1.82, 2.24) is 4.98 Å². The number of aromatic nitrogens is 1. The Morgan fingerprint density at radius 2 is 1.67 bits per heavy atom. The van der Waals surface area contributed by atoms with Gasteiger partial charge in [-0.15, -0.1) is 0 Å². The molecule has 0 saturated heterocycles. The van der Waals surface area contributed by atoms with E-state index in [2.05, 4.69) is 4.98 Å². The number of fused-ring (bicyclic) bond motifs is 1. The Labute approximate surface area is 196 Å². The maximum Gasteiger partial charge on any atom is 0.277 e. The van der Waals surface area contributed by atoms with Gasteiger partial charge in [-0.05, 0) is 30.2 Å². The summed E-state index contributed by atoms with van der Waals surface area (Å²) in [7, 11) is 0. The van der Waals surface area contributed by atoms with E-state index in [9.17, 15) is 25.0 Å². The van der Waals surface area contributed by atoms with Crippen LogP contribution in [0.25, 0.3) is 10.2 Å². The summed E-state index contributed by atoms with van der Waals surface area (Å²) in [6.45, 7) is 1.93. The van der Waals surface area contributed by atoms with Crippen LogP contribution < -0.4 is 4.90 Å². The van der Waals surface area contributed by atoms with Crippen molar-refractivity contribution in [2.24, 2.45) is 0 Å². The van der Waals surface area contributed by atoms with Gasteiger partial charge in [-0.25, -0.2) is 4.98 Å². The van der Waals surface area contributed by atoms with Gasteiger partial charge in [-0.2, -0.15) is 0 Å². The van der Waals surface area contributed by atoms with E-state index in [1.807, 2.05) is 37.3 Å². The number of amides is 1. The minimum absolute atomic E-state index is 0.114. The number of carbonyl (C=O) groups is 1. The number of aryl methyl sites for hydroxylation is 1. The van der Waals surface area contributed by atoms with Crippen molar-refractivity contribution < 1.29 is 14.6 Å². The van der Waals surface area contributed by atoms with Crippen LogP contribution in [0.15, 0.2) is 60.7 Å². The monoisotopic (exact) mass is 482 g/mol. The van der Waals surface area contributed by atoms with Gasteiger partial charge in [-0.3, -0.25) is 29.9 Å². The fourth-order valence-electron chi connectivity index (χ4n) is 3.28. The van der Waals surface area contributed by atoms with Crippen LogP contribution >= 0.6 is 22.9 Å². The average Bonchev–Trinajstić information content (AvgIpc) is 3.24. The maximum atomic E-state index is 13.5. The van der Waals surface area contributed by atoms with Crippen molar-refractivity contribution in [3.05, 3.63) is 103 Å². The Morgan fingerprint density at radius 3 is 2.27 bits per heavy atom. The Morgan fingerprint density at radius 1 is 1.03 bits per heavy atom. The van der Waals surface area contributed by atoms with Crippen LogP contribution in [0.4, 0.5) is 16.5 Å². The highest BCUT2D eigenvalue weighted by atomic mass is 35.5. The predicted octanol–water partition coefficient (Wildman–Crippen LogP) is 5.92. The molecule has 4 aromatic rings. The summed E-state index contributed by atoms with van der Waals surface area (Å²) in [6, 6.07) is 15.5. The van der Waals surface area contributed by atoms with Crippen LogP contribution in [0, 0.1) is 27.2 Å². The molecule has 3 aromatic carbocycles. The van der Waals surface area contributed by atoms with Crippen LogP contribution in [0.3, 0.4) is 0 Å². The molecule has 166 valence electrons. The number of non-ortho nitro benzene ring substituents is 2. The molecule has 33 heavy (non-hydrogen) atoms. The standard InChI is InChI=1S/C22H15ClN4O5S/c1-13-18(23)7-8-19-20(13)24-22(33-19)25(12-14-5-3-2-4-6-14)21(28)15-9-16(26(29)30)11-17(10-15)27(31)32/h2-11H,12H2,1H3. The quantitative estimate of drug-likeness (QED) is 0.248. The Hall–Kier alpha value is -3.89. The molecule has 0 N–H and O–H groups in total. The lowest BCUT2D eigenvalue weighted by Gasteiger charge is -2.20. The van der Waals surface area contributed by atoms with Gasteiger partial charge in [0.05, 0.1) is 38.2 Å². The predicted molar refractivity (Wildman–Crippen MR) is 126 cm³/mol. The maximum absolute atomic E-state index is 13.5. The molecule has 0 saturated carbocycles. The molecule has 4 rings (SSSR count). The third-order valence-corrected chi connectivity index (χ3v) is 6.42. The van der Waals surface area contributed by atoms with E-state index in [-0.39, 0.29) is 12.1 Å². The fraction of sp³-hybridized carbons (Fsp3) is 0.0909. The van der Waals surface area contributed by atoms with Crippen LogP contribution in [0.5, 0.6) is 0 Å². The van der Waals surface area contributed by atoms with Gasteiger partial charge in [-0.1, -0.05) is 53.3 Å². The van der Waals surface area contributed by atoms with Gasteiger partial charge >= 0.3 is 0 Å². The number of hydrogen-bond acceptors (Lipinski definition) is 7. The van der Waals surface area contributed by atoms with Crippen LogP contribution in [-0.4, -0.2) is 20.7 Å². The molecule has 0 aliphatic heterocycles. The van der Waals surface area contributed by atoms with Gasteiger partial charge in [0, 0.05) is 17.2 Å². The molecule has 0 unspecified atom stereocenters. The van der Waals surface area contributed by atoms with Crippen molar-refractivity contribution in [1.29, 1.82) is 0 Å². The first-order chi connectivity index (χ1) is 15.7. The van der Waals surface area contributed by atoms with E-state index in [0.717, 1.165) is 34.0 Å². The topological polar surface area (TPSA) is 119 Å². The van der Waals surface area contributed by atoms with Crippen LogP contribution in [0.2, 0.25) is 5.02 Å². The van der Waals surface area contributed by atoms with Crippen molar-refractivity contribution in [3.63, 3.8) is 0 Å².